The van der Waals surface area contributed by atoms with Gasteiger partial charge in [0.1, 0.15) is 11.2 Å². The maximum absolute atomic E-state index is 7.28. The molecule has 74 heavy (non-hydrogen) atoms. The van der Waals surface area contributed by atoms with Gasteiger partial charge >= 0.3 is 0 Å². The third-order valence-corrected chi connectivity index (χ3v) is 18.1. The minimum absolute atomic E-state index is 0.526. The van der Waals surface area contributed by atoms with E-state index in [1.165, 1.54) is 152 Å². The highest BCUT2D eigenvalue weighted by atomic mass is 16.3. The highest BCUT2D eigenvalue weighted by Gasteiger charge is 2.29. The second-order valence-corrected chi connectivity index (χ2v) is 22.3. The quantitative estimate of drug-likeness (QED) is 0.142. The van der Waals surface area contributed by atoms with Crippen LogP contribution in [-0.4, -0.2) is 0 Å². The molecule has 2 aliphatic carbocycles. The first-order valence-electron chi connectivity index (χ1n) is 27.5. The van der Waals surface area contributed by atoms with E-state index in [0.717, 1.165) is 67.2 Å². The zero-order chi connectivity index (χ0) is 49.9. The van der Waals surface area contributed by atoms with Crippen LogP contribution in [0.25, 0.3) is 76.2 Å². The SMILES string of the molecule is Cc1cc(N(c2ccc3ccc4c(N(c5cc(C)c(C)c(C)c5)c5cccc6c5oc5c(C7CCCCC7)cccc56)ccc5ccc2c3c54)c2cccc3c2oc2c(C4CCCCC4)cccc23)cc(C)c1C. The molecule has 0 saturated heterocycles. The Balaban J connectivity index is 1.01. The van der Waals surface area contributed by atoms with E-state index in [-0.39, 0.29) is 0 Å². The highest BCUT2D eigenvalue weighted by molar-refractivity contribution is 6.29. The number of aryl methyl sites for hydroxylation is 4. The van der Waals surface area contributed by atoms with Crippen LogP contribution in [0, 0.1) is 41.5 Å². The van der Waals surface area contributed by atoms with Gasteiger partial charge in [0.15, 0.2) is 11.2 Å². The van der Waals surface area contributed by atoms with Crippen molar-refractivity contribution in [2.45, 2.75) is 118 Å². The Bertz CT molecular complexity index is 3880. The molecule has 0 unspecified atom stereocenters. The fourth-order valence-corrected chi connectivity index (χ4v) is 13.7. The molecule has 4 heteroatoms. The summed E-state index contributed by atoms with van der Waals surface area (Å²) in [5.74, 6) is 1.05. The first-order chi connectivity index (χ1) is 36.2. The lowest BCUT2D eigenvalue weighted by atomic mass is 9.83. The zero-order valence-corrected chi connectivity index (χ0v) is 43.8. The predicted molar refractivity (Wildman–Crippen MR) is 314 cm³/mol. The van der Waals surface area contributed by atoms with Gasteiger partial charge in [0, 0.05) is 43.7 Å². The van der Waals surface area contributed by atoms with Crippen LogP contribution in [0.2, 0.25) is 0 Å². The van der Waals surface area contributed by atoms with Gasteiger partial charge < -0.3 is 18.6 Å². The summed E-state index contributed by atoms with van der Waals surface area (Å²) in [6.07, 6.45) is 12.7. The van der Waals surface area contributed by atoms with E-state index in [0.29, 0.717) is 11.8 Å². The molecular formula is C70H64N2O2. The molecule has 4 nitrogen and oxygen atoms in total. The van der Waals surface area contributed by atoms with Crippen LogP contribution in [0.5, 0.6) is 0 Å². The summed E-state index contributed by atoms with van der Waals surface area (Å²) < 4.78 is 14.6. The van der Waals surface area contributed by atoms with Crippen LogP contribution >= 0.6 is 0 Å². The third-order valence-electron chi connectivity index (χ3n) is 18.1. The normalized spacial score (nSPS) is 15.1. The number of anilines is 6. The highest BCUT2D eigenvalue weighted by Crippen LogP contribution is 2.52. The van der Waals surface area contributed by atoms with Gasteiger partial charge in [-0.05, 0) is 194 Å². The molecule has 10 aromatic carbocycles. The summed E-state index contributed by atoms with van der Waals surface area (Å²) in [6.45, 7) is 13.5. The van der Waals surface area contributed by atoms with E-state index in [1.54, 1.807) is 0 Å². The molecule has 14 rings (SSSR count). The van der Waals surface area contributed by atoms with Crippen molar-refractivity contribution in [2.75, 3.05) is 9.80 Å². The van der Waals surface area contributed by atoms with Crippen LogP contribution in [-0.2, 0) is 0 Å². The summed E-state index contributed by atoms with van der Waals surface area (Å²) in [7, 11) is 0. The fourth-order valence-electron chi connectivity index (χ4n) is 13.7. The second-order valence-electron chi connectivity index (χ2n) is 22.3. The van der Waals surface area contributed by atoms with Crippen molar-refractivity contribution in [3.63, 3.8) is 0 Å². The first-order valence-corrected chi connectivity index (χ1v) is 27.5. The van der Waals surface area contributed by atoms with E-state index in [4.69, 9.17) is 8.83 Å². The fraction of sp³-hybridized carbons (Fsp3) is 0.257. The van der Waals surface area contributed by atoms with E-state index < -0.39 is 0 Å². The molecule has 0 spiro atoms. The van der Waals surface area contributed by atoms with Crippen molar-refractivity contribution >= 4 is 110 Å². The lowest BCUT2D eigenvalue weighted by molar-refractivity contribution is 0.442. The predicted octanol–water partition coefficient (Wildman–Crippen LogP) is 21.3. The van der Waals surface area contributed by atoms with Crippen molar-refractivity contribution in [2.24, 2.45) is 0 Å². The number of fused-ring (bicyclic) bond motifs is 6. The second kappa shape index (κ2) is 17.5. The van der Waals surface area contributed by atoms with Gasteiger partial charge in [0.25, 0.3) is 0 Å². The maximum Gasteiger partial charge on any atom is 0.159 e. The molecule has 0 radical (unpaired) electrons. The Hall–Kier alpha value is -7.56. The molecule has 0 N–H and O–H groups in total. The third kappa shape index (κ3) is 7.00. The lowest BCUT2D eigenvalue weighted by Crippen LogP contribution is -2.13. The van der Waals surface area contributed by atoms with Crippen molar-refractivity contribution < 1.29 is 8.83 Å². The molecule has 2 heterocycles. The van der Waals surface area contributed by atoms with E-state index in [2.05, 4.69) is 197 Å². The Morgan fingerprint density at radius 3 is 1.08 bits per heavy atom. The van der Waals surface area contributed by atoms with Crippen molar-refractivity contribution in [1.82, 2.24) is 0 Å². The van der Waals surface area contributed by atoms with Gasteiger partial charge in [0.2, 0.25) is 0 Å². The van der Waals surface area contributed by atoms with E-state index >= 15 is 0 Å². The van der Waals surface area contributed by atoms with E-state index in [1.807, 2.05) is 0 Å². The number of furan rings is 2. The largest absolute Gasteiger partial charge is 0.454 e. The van der Waals surface area contributed by atoms with Crippen LogP contribution < -0.4 is 9.80 Å². The molecule has 2 saturated carbocycles. The molecule has 2 aliphatic rings. The van der Waals surface area contributed by atoms with Gasteiger partial charge in [-0.2, -0.15) is 0 Å². The summed E-state index contributed by atoms with van der Waals surface area (Å²) >= 11 is 0. The number of hydrogen-bond acceptors (Lipinski definition) is 4. The summed E-state index contributed by atoms with van der Waals surface area (Å²) in [5.41, 5.74) is 21.0. The van der Waals surface area contributed by atoms with Gasteiger partial charge in [-0.3, -0.25) is 0 Å². The average molecular weight is 965 g/mol. The van der Waals surface area contributed by atoms with Gasteiger partial charge in [-0.25, -0.2) is 0 Å². The topological polar surface area (TPSA) is 32.8 Å². The molecule has 2 aromatic heterocycles. The Labute approximate surface area is 434 Å². The maximum atomic E-state index is 7.28. The Kier molecular flexibility index (Phi) is 10.7. The Morgan fingerprint density at radius 2 is 0.689 bits per heavy atom. The van der Waals surface area contributed by atoms with Crippen LogP contribution in [0.15, 0.2) is 154 Å². The van der Waals surface area contributed by atoms with Crippen molar-refractivity contribution in [3.8, 4) is 0 Å². The van der Waals surface area contributed by atoms with Gasteiger partial charge in [-0.1, -0.05) is 136 Å². The molecule has 2 fully saturated rings. The smallest absolute Gasteiger partial charge is 0.159 e. The van der Waals surface area contributed by atoms with Gasteiger partial charge in [-0.15, -0.1) is 0 Å². The van der Waals surface area contributed by atoms with E-state index in [9.17, 15) is 0 Å². The first kappa shape index (κ1) is 45.1. The van der Waals surface area contributed by atoms with Crippen LogP contribution in [0.3, 0.4) is 0 Å². The lowest BCUT2D eigenvalue weighted by Gasteiger charge is -2.30. The molecule has 0 aliphatic heterocycles. The number of hydrogen-bond donors (Lipinski definition) is 0. The molecule has 0 atom stereocenters. The van der Waals surface area contributed by atoms with Crippen molar-refractivity contribution in [1.29, 1.82) is 0 Å². The molecular weight excluding hydrogens is 901 g/mol. The number of nitrogens with zero attached hydrogens (tertiary/aromatic N) is 2. The average Bonchev–Trinajstić information content (AvgIpc) is 4.03. The summed E-state index contributed by atoms with van der Waals surface area (Å²) in [4.78, 5) is 4.98. The standard InChI is InChI=1S/C70H64N2O2/c1-41-37-51(38-42(2)45(41)5)71(63-27-15-25-57-55-23-13-21-53(67(55)73-69(57)63)47-17-9-7-10-18-47)61-35-31-49-30-34-60-62(36-32-50-29-33-59(61)65(49)66(50)60)72(52-39-43(3)46(6)44(4)40-52)64-28-16-26-58-56-24-14-22-54(68(56)74-70(58)64)48-19-11-8-12-20-48/h13-16,21-40,47-48H,7-12,17-20H2,1-6H3. The molecule has 366 valence electrons. The Morgan fingerprint density at radius 1 is 0.338 bits per heavy atom. The number of rotatable bonds is 8. The van der Waals surface area contributed by atoms with Crippen LogP contribution in [0.4, 0.5) is 34.1 Å². The van der Waals surface area contributed by atoms with Crippen molar-refractivity contribution in [3.05, 3.63) is 190 Å². The monoisotopic (exact) mass is 964 g/mol. The summed E-state index contributed by atoms with van der Waals surface area (Å²) in [5, 5.41) is 12.1. The number of benzene rings is 10. The molecule has 12 aromatic rings. The van der Waals surface area contributed by atoms with Gasteiger partial charge in [0.05, 0.1) is 22.7 Å². The minimum Gasteiger partial charge on any atom is -0.454 e. The summed E-state index contributed by atoms with van der Waals surface area (Å²) in [6, 6.07) is 55.5. The minimum atomic E-state index is 0.526. The number of para-hydroxylation sites is 4. The van der Waals surface area contributed by atoms with Crippen LogP contribution in [0.1, 0.15) is 121 Å². The molecule has 0 amide bonds. The molecule has 0 bridgehead atoms. The zero-order valence-electron chi connectivity index (χ0n) is 43.8.